The van der Waals surface area contributed by atoms with Crippen molar-refractivity contribution in [3.63, 3.8) is 0 Å². The molecular weight excluding hydrogens is 302 g/mol. The zero-order valence-electron chi connectivity index (χ0n) is 13.4. The third-order valence-corrected chi connectivity index (χ3v) is 3.30. The summed E-state index contributed by atoms with van der Waals surface area (Å²) in [5, 5.41) is 8.54. The second-order valence-corrected chi connectivity index (χ2v) is 5.21. The van der Waals surface area contributed by atoms with Crippen molar-refractivity contribution < 1.29 is 9.59 Å². The lowest BCUT2D eigenvalue weighted by atomic mass is 10.1. The van der Waals surface area contributed by atoms with Crippen LogP contribution in [0.25, 0.3) is 0 Å². The van der Waals surface area contributed by atoms with Gasteiger partial charge in [-0.1, -0.05) is 36.4 Å². The van der Waals surface area contributed by atoms with E-state index in [1.165, 1.54) is 0 Å². The highest BCUT2D eigenvalue weighted by Crippen LogP contribution is 2.09. The van der Waals surface area contributed by atoms with Crippen molar-refractivity contribution in [2.24, 2.45) is 0 Å². The van der Waals surface area contributed by atoms with Gasteiger partial charge in [0.25, 0.3) is 5.91 Å². The van der Waals surface area contributed by atoms with E-state index in [4.69, 9.17) is 0 Å². The molecule has 0 saturated heterocycles. The number of nitrogens with one attached hydrogen (secondary N) is 3. The van der Waals surface area contributed by atoms with Crippen LogP contribution in [-0.4, -0.2) is 24.9 Å². The van der Waals surface area contributed by atoms with Crippen LogP contribution in [0.5, 0.6) is 0 Å². The first-order chi connectivity index (χ1) is 11.7. The highest BCUT2D eigenvalue weighted by molar-refractivity contribution is 5.96. The molecule has 124 valence electrons. The Hall–Kier alpha value is -2.92. The summed E-state index contributed by atoms with van der Waals surface area (Å²) >= 11 is 0. The lowest BCUT2D eigenvalue weighted by Gasteiger charge is -2.08. The molecule has 0 spiro atoms. The van der Waals surface area contributed by atoms with Crippen LogP contribution < -0.4 is 16.0 Å². The molecule has 0 saturated carbocycles. The monoisotopic (exact) mass is 323 g/mol. The van der Waals surface area contributed by atoms with E-state index in [1.54, 1.807) is 30.3 Å². The van der Waals surface area contributed by atoms with Crippen LogP contribution in [-0.2, 0) is 11.3 Å². The molecule has 2 aromatic carbocycles. The minimum Gasteiger partial charge on any atom is -0.348 e. The van der Waals surface area contributed by atoms with Crippen LogP contribution in [0.15, 0.2) is 67.3 Å². The number of carbonyl (C=O) groups is 2. The summed E-state index contributed by atoms with van der Waals surface area (Å²) in [6.07, 6.45) is 1.69. The molecule has 0 radical (unpaired) electrons. The molecule has 0 bridgehead atoms. The van der Waals surface area contributed by atoms with Gasteiger partial charge in [-0.25, -0.2) is 0 Å². The van der Waals surface area contributed by atoms with Gasteiger partial charge in [0.2, 0.25) is 5.91 Å². The second kappa shape index (κ2) is 9.27. The van der Waals surface area contributed by atoms with Gasteiger partial charge in [0.05, 0.1) is 6.54 Å². The van der Waals surface area contributed by atoms with Crippen molar-refractivity contribution in [3.8, 4) is 0 Å². The van der Waals surface area contributed by atoms with Crippen molar-refractivity contribution in [3.05, 3.63) is 78.4 Å². The molecular formula is C19H21N3O2. The minimum atomic E-state index is -0.149. The topological polar surface area (TPSA) is 70.2 Å². The predicted octanol–water partition coefficient (Wildman–Crippen LogP) is 2.33. The maximum atomic E-state index is 12.1. The fraction of sp³-hybridized carbons (Fsp3) is 0.158. The summed E-state index contributed by atoms with van der Waals surface area (Å²) in [6.45, 7) is 4.84. The van der Waals surface area contributed by atoms with Crippen LogP contribution in [0.4, 0.5) is 5.69 Å². The number of hydrogen-bond acceptors (Lipinski definition) is 3. The average Bonchev–Trinajstić information content (AvgIpc) is 2.61. The summed E-state index contributed by atoms with van der Waals surface area (Å²) in [6, 6.07) is 16.5. The first-order valence-corrected chi connectivity index (χ1v) is 7.72. The fourth-order valence-corrected chi connectivity index (χ4v) is 2.08. The first-order valence-electron chi connectivity index (χ1n) is 7.72. The van der Waals surface area contributed by atoms with Gasteiger partial charge in [-0.05, 0) is 29.8 Å². The van der Waals surface area contributed by atoms with Gasteiger partial charge in [-0.2, -0.15) is 0 Å². The summed E-state index contributed by atoms with van der Waals surface area (Å²) in [7, 11) is 0. The molecule has 5 heteroatoms. The Morgan fingerprint density at radius 3 is 2.38 bits per heavy atom. The van der Waals surface area contributed by atoms with Crippen molar-refractivity contribution in [2.75, 3.05) is 18.4 Å². The molecule has 5 nitrogen and oxygen atoms in total. The van der Waals surface area contributed by atoms with Crippen LogP contribution in [0.3, 0.4) is 0 Å². The molecule has 24 heavy (non-hydrogen) atoms. The first kappa shape index (κ1) is 17.4. The number of rotatable bonds is 8. The summed E-state index contributed by atoms with van der Waals surface area (Å²) < 4.78 is 0. The van der Waals surface area contributed by atoms with Gasteiger partial charge >= 0.3 is 0 Å². The Morgan fingerprint density at radius 1 is 1.00 bits per heavy atom. The molecule has 0 heterocycles. The zero-order chi connectivity index (χ0) is 17.2. The van der Waals surface area contributed by atoms with Crippen molar-refractivity contribution in [1.29, 1.82) is 0 Å². The number of amides is 2. The van der Waals surface area contributed by atoms with Gasteiger partial charge in [0.15, 0.2) is 0 Å². The second-order valence-electron chi connectivity index (χ2n) is 5.21. The summed E-state index contributed by atoms with van der Waals surface area (Å²) in [4.78, 5) is 23.8. The van der Waals surface area contributed by atoms with E-state index in [0.29, 0.717) is 24.3 Å². The van der Waals surface area contributed by atoms with Crippen LogP contribution in [0.2, 0.25) is 0 Å². The maximum absolute atomic E-state index is 12.1. The van der Waals surface area contributed by atoms with E-state index >= 15 is 0 Å². The Kier molecular flexibility index (Phi) is 6.73. The molecule has 2 amide bonds. The molecule has 0 aliphatic carbocycles. The molecule has 2 rings (SSSR count). The van der Waals surface area contributed by atoms with Crippen molar-refractivity contribution >= 4 is 17.5 Å². The molecule has 0 fully saturated rings. The van der Waals surface area contributed by atoms with Gasteiger partial charge in [0, 0.05) is 24.3 Å². The molecule has 3 N–H and O–H groups in total. The number of hydrogen-bond donors (Lipinski definition) is 3. The average molecular weight is 323 g/mol. The molecule has 0 aromatic heterocycles. The summed E-state index contributed by atoms with van der Waals surface area (Å²) in [5.41, 5.74) is 2.25. The predicted molar refractivity (Wildman–Crippen MR) is 95.8 cm³/mol. The smallest absolute Gasteiger partial charge is 0.251 e. The third-order valence-electron chi connectivity index (χ3n) is 3.30. The lowest BCUT2D eigenvalue weighted by molar-refractivity contribution is -0.115. The number of anilines is 1. The molecule has 0 aliphatic rings. The third kappa shape index (κ3) is 5.70. The zero-order valence-corrected chi connectivity index (χ0v) is 13.4. The molecule has 0 aliphatic heterocycles. The Bertz CT molecular complexity index is 682. The van der Waals surface area contributed by atoms with Gasteiger partial charge in [-0.15, -0.1) is 6.58 Å². The van der Waals surface area contributed by atoms with E-state index in [1.807, 2.05) is 30.3 Å². The SMILES string of the molecule is C=CCNCC(=O)Nc1ccc(C(=O)NCc2ccccc2)cc1. The highest BCUT2D eigenvalue weighted by Gasteiger charge is 2.06. The van der Waals surface area contributed by atoms with E-state index in [0.717, 1.165) is 5.56 Å². The van der Waals surface area contributed by atoms with E-state index in [2.05, 4.69) is 22.5 Å². The Balaban J connectivity index is 1.83. The molecule has 0 unspecified atom stereocenters. The maximum Gasteiger partial charge on any atom is 0.251 e. The number of carbonyl (C=O) groups excluding carboxylic acids is 2. The minimum absolute atomic E-state index is 0.141. The number of benzene rings is 2. The Labute approximate surface area is 141 Å². The fourth-order valence-electron chi connectivity index (χ4n) is 2.08. The standard InChI is InChI=1S/C19H21N3O2/c1-2-12-20-14-18(23)22-17-10-8-16(9-11-17)19(24)21-13-15-6-4-3-5-7-15/h2-11,20H,1,12-14H2,(H,21,24)(H,22,23). The van der Waals surface area contributed by atoms with Crippen molar-refractivity contribution in [1.82, 2.24) is 10.6 Å². The van der Waals surface area contributed by atoms with E-state index < -0.39 is 0 Å². The van der Waals surface area contributed by atoms with Crippen molar-refractivity contribution in [2.45, 2.75) is 6.54 Å². The van der Waals surface area contributed by atoms with E-state index in [9.17, 15) is 9.59 Å². The van der Waals surface area contributed by atoms with Gasteiger partial charge < -0.3 is 16.0 Å². The highest BCUT2D eigenvalue weighted by atomic mass is 16.2. The van der Waals surface area contributed by atoms with Crippen LogP contribution in [0.1, 0.15) is 15.9 Å². The normalized spacial score (nSPS) is 10.0. The molecule has 0 atom stereocenters. The summed E-state index contributed by atoms with van der Waals surface area (Å²) in [5.74, 6) is -0.289. The Morgan fingerprint density at radius 2 is 1.71 bits per heavy atom. The van der Waals surface area contributed by atoms with E-state index in [-0.39, 0.29) is 18.4 Å². The largest absolute Gasteiger partial charge is 0.348 e. The lowest BCUT2D eigenvalue weighted by Crippen LogP contribution is -2.28. The van der Waals surface area contributed by atoms with Gasteiger partial charge in [0.1, 0.15) is 0 Å². The quantitative estimate of drug-likeness (QED) is 0.516. The van der Waals surface area contributed by atoms with Crippen LogP contribution in [0, 0.1) is 0 Å². The molecule has 2 aromatic rings. The van der Waals surface area contributed by atoms with Gasteiger partial charge in [-0.3, -0.25) is 9.59 Å². The van der Waals surface area contributed by atoms with Crippen LogP contribution >= 0.6 is 0 Å².